The summed E-state index contributed by atoms with van der Waals surface area (Å²) >= 11 is 2.29. The molecule has 4 nitrogen and oxygen atoms in total. The fourth-order valence-electron chi connectivity index (χ4n) is 2.81. The summed E-state index contributed by atoms with van der Waals surface area (Å²) in [7, 11) is -1.85. The van der Waals surface area contributed by atoms with Gasteiger partial charge in [-0.25, -0.2) is 0 Å². The van der Waals surface area contributed by atoms with Crippen molar-refractivity contribution < 1.29 is 13.9 Å². The van der Waals surface area contributed by atoms with E-state index >= 15 is 0 Å². The van der Waals surface area contributed by atoms with E-state index in [1.54, 1.807) is 0 Å². The van der Waals surface area contributed by atoms with E-state index in [1.165, 1.54) is 7.11 Å². The second-order valence-corrected chi connectivity index (χ2v) is 8.36. The van der Waals surface area contributed by atoms with Gasteiger partial charge in [-0.05, 0) is 11.1 Å². The summed E-state index contributed by atoms with van der Waals surface area (Å²) in [5, 5.41) is 0. The van der Waals surface area contributed by atoms with Crippen LogP contribution in [0.25, 0.3) is 0 Å². The third-order valence-corrected chi connectivity index (χ3v) is 7.28. The van der Waals surface area contributed by atoms with Crippen LogP contribution in [-0.4, -0.2) is 22.8 Å². The van der Waals surface area contributed by atoms with Crippen molar-refractivity contribution in [2.75, 3.05) is 18.1 Å². The quantitative estimate of drug-likeness (QED) is 0.403. The molecule has 1 fully saturated rings. The lowest BCUT2D eigenvalue weighted by Gasteiger charge is -2.28. The smallest absolute Gasteiger partial charge is 0.316 e. The predicted octanol–water partition coefficient (Wildman–Crippen LogP) is 3.53. The van der Waals surface area contributed by atoms with Crippen molar-refractivity contribution >= 4 is 30.7 Å². The Morgan fingerprint density at radius 3 is 2.35 bits per heavy atom. The molecule has 0 spiro atoms. The van der Waals surface area contributed by atoms with Crippen LogP contribution in [0.3, 0.4) is 0 Å². The molecule has 0 aromatic heterocycles. The highest BCUT2D eigenvalue weighted by atomic mass is 127. The highest BCUT2D eigenvalue weighted by molar-refractivity contribution is 14.1. The van der Waals surface area contributed by atoms with Crippen molar-refractivity contribution in [1.29, 1.82) is 0 Å². The van der Waals surface area contributed by atoms with Crippen molar-refractivity contribution in [2.45, 2.75) is 12.1 Å². The average molecular weight is 443 g/mol. The molecule has 0 radical (unpaired) electrons. The first-order valence-electron chi connectivity index (χ1n) is 7.39. The van der Waals surface area contributed by atoms with Crippen molar-refractivity contribution in [2.24, 2.45) is 0 Å². The third-order valence-electron chi connectivity index (χ3n) is 4.03. The Balaban J connectivity index is 1.91. The molecule has 122 valence electrons. The fourth-order valence-corrected chi connectivity index (χ4v) is 5.72. The van der Waals surface area contributed by atoms with Gasteiger partial charge in [0.2, 0.25) is 0 Å². The van der Waals surface area contributed by atoms with Gasteiger partial charge >= 0.3 is 8.09 Å². The predicted molar refractivity (Wildman–Crippen MR) is 98.9 cm³/mol. The molecular formula is C17H19INO3P. The molecule has 1 unspecified atom stereocenters. The summed E-state index contributed by atoms with van der Waals surface area (Å²) in [5.74, 6) is 0. The number of benzene rings is 2. The summed E-state index contributed by atoms with van der Waals surface area (Å²) in [6, 6.07) is 19.9. The SMILES string of the molecule is CO[P+]1([O-])O[C@@](CI)(c2ccccc2)CN1Cc1ccccc1. The molecule has 1 aliphatic rings. The monoisotopic (exact) mass is 443 g/mol. The van der Waals surface area contributed by atoms with Crippen LogP contribution in [0.1, 0.15) is 11.1 Å². The van der Waals surface area contributed by atoms with E-state index < -0.39 is 13.7 Å². The average Bonchev–Trinajstić information content (AvgIpc) is 2.91. The second-order valence-electron chi connectivity index (χ2n) is 5.54. The van der Waals surface area contributed by atoms with E-state index in [-0.39, 0.29) is 0 Å². The molecule has 2 atom stereocenters. The molecule has 3 rings (SSSR count). The molecule has 2 aromatic rings. The van der Waals surface area contributed by atoms with E-state index in [2.05, 4.69) is 22.6 Å². The molecule has 1 heterocycles. The largest absolute Gasteiger partial charge is 0.616 e. The molecule has 0 amide bonds. The summed E-state index contributed by atoms with van der Waals surface area (Å²) < 4.78 is 13.9. The summed E-state index contributed by atoms with van der Waals surface area (Å²) in [5.41, 5.74) is 1.51. The first kappa shape index (κ1) is 17.3. The van der Waals surface area contributed by atoms with Crippen LogP contribution in [0.4, 0.5) is 0 Å². The Morgan fingerprint density at radius 2 is 1.78 bits per heavy atom. The molecule has 23 heavy (non-hydrogen) atoms. The zero-order chi connectivity index (χ0) is 16.3. The topological polar surface area (TPSA) is 44.8 Å². The number of rotatable bonds is 5. The van der Waals surface area contributed by atoms with Crippen molar-refractivity contribution in [3.05, 3.63) is 71.8 Å². The van der Waals surface area contributed by atoms with Crippen LogP contribution in [-0.2, 0) is 21.2 Å². The Kier molecular flexibility index (Phi) is 5.35. The number of halogens is 1. The van der Waals surface area contributed by atoms with Gasteiger partial charge in [0.1, 0.15) is 0 Å². The summed E-state index contributed by atoms with van der Waals surface area (Å²) in [6.07, 6.45) is 0. The van der Waals surface area contributed by atoms with Gasteiger partial charge in [-0.1, -0.05) is 83.3 Å². The normalized spacial score (nSPS) is 28.1. The van der Waals surface area contributed by atoms with E-state index in [0.717, 1.165) is 11.1 Å². The zero-order valence-electron chi connectivity index (χ0n) is 12.9. The van der Waals surface area contributed by atoms with Gasteiger partial charge < -0.3 is 4.89 Å². The molecule has 1 saturated heterocycles. The van der Waals surface area contributed by atoms with Crippen molar-refractivity contribution in [3.8, 4) is 0 Å². The van der Waals surface area contributed by atoms with E-state index in [1.807, 2.05) is 65.3 Å². The Morgan fingerprint density at radius 1 is 1.17 bits per heavy atom. The highest BCUT2D eigenvalue weighted by Gasteiger charge is 2.58. The maximum Gasteiger partial charge on any atom is 0.316 e. The van der Waals surface area contributed by atoms with Crippen LogP contribution in [0.15, 0.2) is 60.7 Å². The highest BCUT2D eigenvalue weighted by Crippen LogP contribution is 2.66. The number of hydrogen-bond donors (Lipinski definition) is 0. The van der Waals surface area contributed by atoms with Crippen LogP contribution in [0.2, 0.25) is 0 Å². The first-order chi connectivity index (χ1) is 11.1. The van der Waals surface area contributed by atoms with Gasteiger partial charge in [0.05, 0.1) is 20.2 Å². The minimum atomic E-state index is -3.30. The Hall–Kier alpha value is -0.560. The lowest BCUT2D eigenvalue weighted by Crippen LogP contribution is -2.33. The molecule has 0 saturated carbocycles. The lowest BCUT2D eigenvalue weighted by molar-refractivity contribution is -0.229. The van der Waals surface area contributed by atoms with Crippen LogP contribution in [0.5, 0.6) is 0 Å². The summed E-state index contributed by atoms with van der Waals surface area (Å²) in [4.78, 5) is 13.1. The number of hydrogen-bond acceptors (Lipinski definition) is 4. The molecule has 6 heteroatoms. The van der Waals surface area contributed by atoms with E-state index in [0.29, 0.717) is 17.5 Å². The van der Waals surface area contributed by atoms with Crippen LogP contribution >= 0.6 is 30.7 Å². The minimum Gasteiger partial charge on any atom is -0.616 e. The van der Waals surface area contributed by atoms with Crippen LogP contribution < -0.4 is 4.89 Å². The molecule has 0 N–H and O–H groups in total. The summed E-state index contributed by atoms with van der Waals surface area (Å²) in [6.45, 7) is 1.08. The maximum absolute atomic E-state index is 13.1. The molecule has 2 aromatic carbocycles. The number of alkyl halides is 1. The fraction of sp³-hybridized carbons (Fsp3) is 0.294. The van der Waals surface area contributed by atoms with Crippen LogP contribution in [0, 0.1) is 0 Å². The Labute approximate surface area is 151 Å². The number of nitrogens with zero attached hydrogens (tertiary/aromatic N) is 1. The molecule has 0 bridgehead atoms. The van der Waals surface area contributed by atoms with Gasteiger partial charge in [0.15, 0.2) is 5.60 Å². The van der Waals surface area contributed by atoms with Gasteiger partial charge in [0.25, 0.3) is 0 Å². The zero-order valence-corrected chi connectivity index (χ0v) is 15.9. The molecule has 0 aliphatic carbocycles. The lowest BCUT2D eigenvalue weighted by atomic mass is 9.96. The molecule has 1 aliphatic heterocycles. The van der Waals surface area contributed by atoms with E-state index in [9.17, 15) is 4.89 Å². The maximum atomic E-state index is 13.1. The minimum absolute atomic E-state index is 0.539. The van der Waals surface area contributed by atoms with Gasteiger partial charge in [0, 0.05) is 4.43 Å². The van der Waals surface area contributed by atoms with Gasteiger partial charge in [-0.15, -0.1) is 4.67 Å². The third kappa shape index (κ3) is 3.45. The van der Waals surface area contributed by atoms with Gasteiger partial charge in [-0.2, -0.15) is 9.05 Å². The molecular weight excluding hydrogens is 424 g/mol. The van der Waals surface area contributed by atoms with Crippen molar-refractivity contribution in [1.82, 2.24) is 4.67 Å². The second kappa shape index (κ2) is 7.13. The Bertz CT molecular complexity index is 645. The van der Waals surface area contributed by atoms with Crippen molar-refractivity contribution in [3.63, 3.8) is 0 Å². The standard InChI is InChI=1S/C17H19INO3P/c1-21-23(20)19(12-15-8-4-2-5-9-15)14-17(13-18,22-23)16-10-6-3-7-11-16/h2-11H,12-14H2,1H3/t17-,23?/m1/s1. The van der Waals surface area contributed by atoms with E-state index in [4.69, 9.17) is 9.05 Å². The van der Waals surface area contributed by atoms with Gasteiger partial charge in [-0.3, -0.25) is 0 Å². The first-order valence-corrected chi connectivity index (χ1v) is 10.4.